The van der Waals surface area contributed by atoms with Crippen LogP contribution < -0.4 is 5.32 Å². The van der Waals surface area contributed by atoms with Gasteiger partial charge < -0.3 is 29.6 Å². The number of hydrogen-bond acceptors (Lipinski definition) is 7. The molecule has 1 amide bonds. The molecule has 1 heterocycles. The van der Waals surface area contributed by atoms with Gasteiger partial charge in [0.1, 0.15) is 23.7 Å². The van der Waals surface area contributed by atoms with Gasteiger partial charge in [0.05, 0.1) is 25.7 Å². The molecule has 2 atom stereocenters. The first kappa shape index (κ1) is 34.2. The number of ether oxygens (including phenoxy) is 2. The zero-order valence-electron chi connectivity index (χ0n) is 26.0. The van der Waals surface area contributed by atoms with Crippen LogP contribution in [-0.2, 0) is 19.1 Å². The molecule has 0 fully saturated rings. The summed E-state index contributed by atoms with van der Waals surface area (Å²) in [6.45, 7) is 8.63. The molecule has 2 aromatic carbocycles. The van der Waals surface area contributed by atoms with E-state index < -0.39 is 41.5 Å². The number of nitrogens with zero attached hydrogens (tertiary/aromatic N) is 1. The van der Waals surface area contributed by atoms with Crippen molar-refractivity contribution >= 4 is 23.9 Å². The number of carbonyl (C=O) groups excluding carboxylic acids is 3. The molecule has 44 heavy (non-hydrogen) atoms. The van der Waals surface area contributed by atoms with Crippen LogP contribution in [0.1, 0.15) is 69.7 Å². The Kier molecular flexibility index (Phi) is 11.6. The van der Waals surface area contributed by atoms with Crippen molar-refractivity contribution in [1.82, 2.24) is 9.88 Å². The highest BCUT2D eigenvalue weighted by Gasteiger charge is 2.30. The zero-order valence-corrected chi connectivity index (χ0v) is 26.0. The molecule has 0 unspecified atom stereocenters. The van der Waals surface area contributed by atoms with Gasteiger partial charge in [-0.15, -0.1) is 0 Å². The van der Waals surface area contributed by atoms with E-state index in [4.69, 9.17) is 4.74 Å². The van der Waals surface area contributed by atoms with Crippen molar-refractivity contribution in [3.05, 3.63) is 77.9 Å². The third-order valence-electron chi connectivity index (χ3n) is 6.60. The summed E-state index contributed by atoms with van der Waals surface area (Å²) in [5.41, 5.74) is 2.54. The second-order valence-electron chi connectivity index (χ2n) is 11.7. The molecule has 0 saturated heterocycles. The molecule has 236 valence electrons. The van der Waals surface area contributed by atoms with Gasteiger partial charge in [-0.3, -0.25) is 14.4 Å². The number of aliphatic hydroxyl groups is 2. The largest absolute Gasteiger partial charge is 0.469 e. The highest BCUT2D eigenvalue weighted by atomic mass is 19.1. The molecule has 1 aromatic heterocycles. The monoisotopic (exact) mass is 608 g/mol. The van der Waals surface area contributed by atoms with Gasteiger partial charge in [0, 0.05) is 29.3 Å². The summed E-state index contributed by atoms with van der Waals surface area (Å²) in [4.78, 5) is 38.0. The molecule has 0 saturated carbocycles. The maximum absolute atomic E-state index is 14.0. The van der Waals surface area contributed by atoms with Crippen molar-refractivity contribution in [1.29, 1.82) is 0 Å². The number of rotatable bonds is 12. The van der Waals surface area contributed by atoms with Crippen molar-refractivity contribution in [2.24, 2.45) is 0 Å². The normalized spacial score (nSPS) is 13.1. The maximum atomic E-state index is 14.0. The highest BCUT2D eigenvalue weighted by molar-refractivity contribution is 6.07. The smallest absolute Gasteiger partial charge is 0.325 e. The van der Waals surface area contributed by atoms with E-state index in [-0.39, 0.29) is 31.1 Å². The molecule has 0 spiro atoms. The Balaban J connectivity index is 2.21. The van der Waals surface area contributed by atoms with E-state index in [1.807, 2.05) is 44.2 Å². The van der Waals surface area contributed by atoms with Gasteiger partial charge in [-0.1, -0.05) is 48.5 Å². The minimum absolute atomic E-state index is 0.130. The molecule has 3 rings (SSSR count). The second kappa shape index (κ2) is 14.9. The predicted octanol–water partition coefficient (Wildman–Crippen LogP) is 5.30. The standard InChI is InChI=1S/C34H41FN2O7/c1-21(2)37-27(17-16-25(38)18-26(39)19-28(40)43-6)30(23-12-14-24(35)15-13-23)31(22-10-8-7-9-11-22)32(37)33(42)36-20-29(41)44-34(3,4)5/h7-17,21,25-26,38-39H,18-20H2,1-6H3,(H,36,42)/b17-16+/t25-,26-/m1/s1. The Hall–Kier alpha value is -4.28. The van der Waals surface area contributed by atoms with Crippen LogP contribution in [0.2, 0.25) is 0 Å². The lowest BCUT2D eigenvalue weighted by Crippen LogP contribution is -2.35. The number of esters is 2. The number of methoxy groups -OCH3 is 1. The van der Waals surface area contributed by atoms with Crippen molar-refractivity contribution in [3.63, 3.8) is 0 Å². The van der Waals surface area contributed by atoms with E-state index in [0.29, 0.717) is 27.9 Å². The topological polar surface area (TPSA) is 127 Å². The van der Waals surface area contributed by atoms with Crippen LogP contribution in [0.25, 0.3) is 28.3 Å². The lowest BCUT2D eigenvalue weighted by Gasteiger charge is -2.20. The molecule has 0 aliphatic carbocycles. The number of aliphatic hydroxyl groups excluding tert-OH is 2. The molecule has 0 radical (unpaired) electrons. The molecule has 10 heteroatoms. The molecule has 0 bridgehead atoms. The fourth-order valence-electron chi connectivity index (χ4n) is 4.86. The second-order valence-corrected chi connectivity index (χ2v) is 11.7. The van der Waals surface area contributed by atoms with Gasteiger partial charge in [0.25, 0.3) is 5.91 Å². The first-order valence-electron chi connectivity index (χ1n) is 14.4. The van der Waals surface area contributed by atoms with E-state index in [0.717, 1.165) is 0 Å². The van der Waals surface area contributed by atoms with Crippen LogP contribution >= 0.6 is 0 Å². The van der Waals surface area contributed by atoms with Gasteiger partial charge in [-0.25, -0.2) is 4.39 Å². The lowest BCUT2D eigenvalue weighted by atomic mass is 9.94. The molecular formula is C34H41FN2O7. The third kappa shape index (κ3) is 9.11. The average molecular weight is 609 g/mol. The Bertz CT molecular complexity index is 1470. The SMILES string of the molecule is COC(=O)C[C@H](O)C[C@H](O)/C=C/c1c(-c2ccc(F)cc2)c(-c2ccccc2)c(C(=O)NCC(=O)OC(C)(C)C)n1C(C)C. The van der Waals surface area contributed by atoms with Crippen molar-refractivity contribution in [3.8, 4) is 22.3 Å². The van der Waals surface area contributed by atoms with Crippen LogP contribution in [-0.4, -0.2) is 64.1 Å². The molecule has 3 N–H and O–H groups in total. The number of benzene rings is 2. The quantitative estimate of drug-likeness (QED) is 0.238. The summed E-state index contributed by atoms with van der Waals surface area (Å²) in [5.74, 6) is -2.15. The first-order chi connectivity index (χ1) is 20.7. The minimum Gasteiger partial charge on any atom is -0.469 e. The fourth-order valence-corrected chi connectivity index (χ4v) is 4.86. The van der Waals surface area contributed by atoms with Crippen LogP contribution in [0.3, 0.4) is 0 Å². The lowest BCUT2D eigenvalue weighted by molar-refractivity contribution is -0.153. The van der Waals surface area contributed by atoms with E-state index in [2.05, 4.69) is 10.1 Å². The number of carbonyl (C=O) groups is 3. The third-order valence-corrected chi connectivity index (χ3v) is 6.60. The Morgan fingerprint density at radius 1 is 0.955 bits per heavy atom. The Morgan fingerprint density at radius 2 is 1.57 bits per heavy atom. The fraction of sp³-hybridized carbons (Fsp3) is 0.382. The van der Waals surface area contributed by atoms with Crippen LogP contribution in [0.5, 0.6) is 0 Å². The summed E-state index contributed by atoms with van der Waals surface area (Å²) in [6, 6.07) is 14.8. The molecule has 0 aliphatic heterocycles. The van der Waals surface area contributed by atoms with Gasteiger partial charge in [0.15, 0.2) is 0 Å². The average Bonchev–Trinajstić information content (AvgIpc) is 3.30. The van der Waals surface area contributed by atoms with Crippen LogP contribution in [0.15, 0.2) is 60.7 Å². The van der Waals surface area contributed by atoms with Crippen LogP contribution in [0, 0.1) is 5.82 Å². The summed E-state index contributed by atoms with van der Waals surface area (Å²) < 4.78 is 25.8. The minimum atomic E-state index is -1.14. The number of halogens is 1. The highest BCUT2D eigenvalue weighted by Crippen LogP contribution is 2.42. The Labute approximate surface area is 257 Å². The summed E-state index contributed by atoms with van der Waals surface area (Å²) in [5, 5.41) is 23.7. The first-order valence-corrected chi connectivity index (χ1v) is 14.4. The van der Waals surface area contributed by atoms with Gasteiger partial charge >= 0.3 is 11.9 Å². The van der Waals surface area contributed by atoms with Crippen molar-refractivity contribution in [2.45, 2.75) is 71.3 Å². The molecular weight excluding hydrogens is 567 g/mol. The zero-order chi connectivity index (χ0) is 32.6. The van der Waals surface area contributed by atoms with E-state index in [9.17, 15) is 29.0 Å². The van der Waals surface area contributed by atoms with E-state index >= 15 is 0 Å². The van der Waals surface area contributed by atoms with E-state index in [1.54, 1.807) is 43.5 Å². The van der Waals surface area contributed by atoms with Crippen molar-refractivity contribution < 1.29 is 38.5 Å². The Morgan fingerprint density at radius 3 is 2.14 bits per heavy atom. The number of amides is 1. The maximum Gasteiger partial charge on any atom is 0.325 e. The van der Waals surface area contributed by atoms with Gasteiger partial charge in [-0.05, 0) is 64.0 Å². The number of hydrogen-bond donors (Lipinski definition) is 3. The van der Waals surface area contributed by atoms with E-state index in [1.165, 1.54) is 25.3 Å². The van der Waals surface area contributed by atoms with Gasteiger partial charge in [0.2, 0.25) is 0 Å². The van der Waals surface area contributed by atoms with Crippen molar-refractivity contribution in [2.75, 3.05) is 13.7 Å². The molecule has 9 nitrogen and oxygen atoms in total. The molecule has 0 aliphatic rings. The number of nitrogens with one attached hydrogen (secondary N) is 1. The molecule has 3 aromatic rings. The number of aromatic nitrogens is 1. The summed E-state index contributed by atoms with van der Waals surface area (Å²) in [6.07, 6.45) is 0.435. The summed E-state index contributed by atoms with van der Waals surface area (Å²) >= 11 is 0. The van der Waals surface area contributed by atoms with Crippen LogP contribution in [0.4, 0.5) is 4.39 Å². The predicted molar refractivity (Wildman–Crippen MR) is 166 cm³/mol. The summed E-state index contributed by atoms with van der Waals surface area (Å²) in [7, 11) is 1.22. The van der Waals surface area contributed by atoms with Gasteiger partial charge in [-0.2, -0.15) is 0 Å².